The van der Waals surface area contributed by atoms with Crippen LogP contribution < -0.4 is 5.73 Å². The molecule has 4 heteroatoms. The maximum Gasteiger partial charge on any atom is 0.0589 e. The molecule has 1 aromatic rings. The number of nitrogens with two attached hydrogens (primary N) is 1. The van der Waals surface area contributed by atoms with Crippen molar-refractivity contribution < 1.29 is 9.47 Å². The third kappa shape index (κ3) is 7.39. The Balaban J connectivity index is 2.54. The Kier molecular flexibility index (Phi) is 9.74. The van der Waals surface area contributed by atoms with Crippen LogP contribution in [-0.4, -0.2) is 58.0 Å². The SMILES string of the molecule is COCCN(CCOC)C(CN)C/C=C\c1ccccc1. The highest BCUT2D eigenvalue weighted by Crippen LogP contribution is 2.07. The highest BCUT2D eigenvalue weighted by Gasteiger charge is 2.15. The van der Waals surface area contributed by atoms with Crippen LogP contribution in [0.15, 0.2) is 36.4 Å². The van der Waals surface area contributed by atoms with Crippen LogP contribution in [-0.2, 0) is 9.47 Å². The van der Waals surface area contributed by atoms with Crippen LogP contribution in [0.2, 0.25) is 0 Å². The molecule has 1 atom stereocenters. The van der Waals surface area contributed by atoms with E-state index in [9.17, 15) is 0 Å². The fourth-order valence-corrected chi connectivity index (χ4v) is 2.21. The summed E-state index contributed by atoms with van der Waals surface area (Å²) in [5.74, 6) is 0. The lowest BCUT2D eigenvalue weighted by molar-refractivity contribution is 0.0899. The molecule has 0 bridgehead atoms. The van der Waals surface area contributed by atoms with Gasteiger partial charge >= 0.3 is 0 Å². The number of nitrogens with zero attached hydrogens (tertiary/aromatic N) is 1. The zero-order valence-electron chi connectivity index (χ0n) is 13.2. The summed E-state index contributed by atoms with van der Waals surface area (Å²) in [5, 5.41) is 0. The molecule has 1 unspecified atom stereocenters. The van der Waals surface area contributed by atoms with Gasteiger partial charge in [-0.3, -0.25) is 4.90 Å². The standard InChI is InChI=1S/C17H28N2O2/c1-20-13-11-19(12-14-21-2)17(15-18)10-6-9-16-7-4-3-5-8-16/h3-9,17H,10-15,18H2,1-2H3/b9-6-. The first-order valence-corrected chi connectivity index (χ1v) is 7.45. The number of rotatable bonds is 11. The quantitative estimate of drug-likeness (QED) is 0.678. The second kappa shape index (κ2) is 11.5. The second-order valence-electron chi connectivity index (χ2n) is 4.96. The summed E-state index contributed by atoms with van der Waals surface area (Å²) >= 11 is 0. The number of hydrogen-bond acceptors (Lipinski definition) is 4. The van der Waals surface area contributed by atoms with E-state index in [0.717, 1.165) is 19.5 Å². The number of hydrogen-bond donors (Lipinski definition) is 1. The predicted octanol–water partition coefficient (Wildman–Crippen LogP) is 2.01. The smallest absolute Gasteiger partial charge is 0.0589 e. The summed E-state index contributed by atoms with van der Waals surface area (Å²) in [7, 11) is 3.45. The molecule has 0 spiro atoms. The van der Waals surface area contributed by atoms with Gasteiger partial charge in [0.05, 0.1) is 13.2 Å². The summed E-state index contributed by atoms with van der Waals surface area (Å²) in [6.07, 6.45) is 5.27. The monoisotopic (exact) mass is 292 g/mol. The summed E-state index contributed by atoms with van der Waals surface area (Å²) in [5.41, 5.74) is 7.16. The minimum Gasteiger partial charge on any atom is -0.383 e. The van der Waals surface area contributed by atoms with Crippen LogP contribution in [0.1, 0.15) is 12.0 Å². The number of ether oxygens (including phenoxy) is 2. The largest absolute Gasteiger partial charge is 0.383 e. The molecule has 1 aromatic carbocycles. The molecule has 0 saturated heterocycles. The van der Waals surface area contributed by atoms with Crippen molar-refractivity contribution >= 4 is 6.08 Å². The molecule has 0 aromatic heterocycles. The summed E-state index contributed by atoms with van der Waals surface area (Å²) < 4.78 is 10.4. The van der Waals surface area contributed by atoms with Crippen molar-refractivity contribution in [2.45, 2.75) is 12.5 Å². The van der Waals surface area contributed by atoms with E-state index in [-0.39, 0.29) is 0 Å². The van der Waals surface area contributed by atoms with Crippen LogP contribution in [0, 0.1) is 0 Å². The van der Waals surface area contributed by atoms with E-state index in [1.807, 2.05) is 18.2 Å². The Morgan fingerprint density at radius 2 is 1.71 bits per heavy atom. The molecule has 21 heavy (non-hydrogen) atoms. The van der Waals surface area contributed by atoms with Gasteiger partial charge in [0, 0.05) is 39.9 Å². The molecule has 0 aliphatic heterocycles. The van der Waals surface area contributed by atoms with Gasteiger partial charge in [0.1, 0.15) is 0 Å². The molecule has 4 nitrogen and oxygen atoms in total. The maximum atomic E-state index is 5.94. The molecule has 118 valence electrons. The van der Waals surface area contributed by atoms with E-state index in [2.05, 4.69) is 29.2 Å². The summed E-state index contributed by atoms with van der Waals surface area (Å²) in [6, 6.07) is 10.6. The van der Waals surface area contributed by atoms with Gasteiger partial charge in [0.25, 0.3) is 0 Å². The lowest BCUT2D eigenvalue weighted by Gasteiger charge is -2.29. The second-order valence-corrected chi connectivity index (χ2v) is 4.96. The van der Waals surface area contributed by atoms with Crippen molar-refractivity contribution in [3.05, 3.63) is 42.0 Å². The molecular weight excluding hydrogens is 264 g/mol. The third-order valence-electron chi connectivity index (χ3n) is 3.47. The van der Waals surface area contributed by atoms with Gasteiger partial charge in [-0.2, -0.15) is 0 Å². The Labute approximate surface area is 128 Å². The molecule has 0 radical (unpaired) electrons. The predicted molar refractivity (Wildman–Crippen MR) is 88.3 cm³/mol. The Morgan fingerprint density at radius 3 is 2.24 bits per heavy atom. The van der Waals surface area contributed by atoms with Crippen molar-refractivity contribution in [3.8, 4) is 0 Å². The highest BCUT2D eigenvalue weighted by molar-refractivity contribution is 5.48. The average molecular weight is 292 g/mol. The Morgan fingerprint density at radius 1 is 1.10 bits per heavy atom. The fraction of sp³-hybridized carbons (Fsp3) is 0.529. The topological polar surface area (TPSA) is 47.7 Å². The fourth-order valence-electron chi connectivity index (χ4n) is 2.21. The lowest BCUT2D eigenvalue weighted by atomic mass is 10.1. The van der Waals surface area contributed by atoms with E-state index in [1.165, 1.54) is 5.56 Å². The van der Waals surface area contributed by atoms with Crippen molar-refractivity contribution in [2.24, 2.45) is 5.73 Å². The van der Waals surface area contributed by atoms with Gasteiger partial charge in [-0.05, 0) is 12.0 Å². The van der Waals surface area contributed by atoms with Crippen LogP contribution in [0.4, 0.5) is 0 Å². The van der Waals surface area contributed by atoms with Crippen LogP contribution in [0.5, 0.6) is 0 Å². The zero-order chi connectivity index (χ0) is 15.3. The minimum absolute atomic E-state index is 0.315. The van der Waals surface area contributed by atoms with Gasteiger partial charge in [0.2, 0.25) is 0 Å². The van der Waals surface area contributed by atoms with Gasteiger partial charge in [-0.15, -0.1) is 0 Å². The Bertz CT molecular complexity index is 374. The average Bonchev–Trinajstić information content (AvgIpc) is 2.53. The van der Waals surface area contributed by atoms with E-state index in [4.69, 9.17) is 15.2 Å². The molecule has 0 heterocycles. The van der Waals surface area contributed by atoms with Gasteiger partial charge in [-0.25, -0.2) is 0 Å². The molecule has 0 aliphatic rings. The first kappa shape index (κ1) is 17.9. The molecule has 1 rings (SSSR count). The summed E-state index contributed by atoms with van der Waals surface area (Å²) in [6.45, 7) is 3.81. The van der Waals surface area contributed by atoms with Crippen molar-refractivity contribution in [1.82, 2.24) is 4.90 Å². The molecule has 0 amide bonds. The first-order chi connectivity index (χ1) is 10.3. The van der Waals surface area contributed by atoms with E-state index in [1.54, 1.807) is 14.2 Å². The van der Waals surface area contributed by atoms with E-state index in [0.29, 0.717) is 25.8 Å². The third-order valence-corrected chi connectivity index (χ3v) is 3.47. The molecule has 2 N–H and O–H groups in total. The lowest BCUT2D eigenvalue weighted by Crippen LogP contribution is -2.43. The van der Waals surface area contributed by atoms with Crippen molar-refractivity contribution in [3.63, 3.8) is 0 Å². The molecular formula is C17H28N2O2. The van der Waals surface area contributed by atoms with Crippen LogP contribution >= 0.6 is 0 Å². The molecule has 0 fully saturated rings. The highest BCUT2D eigenvalue weighted by atomic mass is 16.5. The first-order valence-electron chi connectivity index (χ1n) is 7.45. The maximum absolute atomic E-state index is 5.94. The zero-order valence-corrected chi connectivity index (χ0v) is 13.2. The van der Waals surface area contributed by atoms with Crippen molar-refractivity contribution in [2.75, 3.05) is 47.1 Å². The van der Waals surface area contributed by atoms with E-state index < -0.39 is 0 Å². The molecule has 0 saturated carbocycles. The normalized spacial score (nSPS) is 13.1. The van der Waals surface area contributed by atoms with Crippen molar-refractivity contribution in [1.29, 1.82) is 0 Å². The number of methoxy groups -OCH3 is 2. The number of benzene rings is 1. The van der Waals surface area contributed by atoms with Gasteiger partial charge < -0.3 is 15.2 Å². The Hall–Kier alpha value is -1.20. The summed E-state index contributed by atoms with van der Waals surface area (Å²) in [4.78, 5) is 2.34. The molecule has 0 aliphatic carbocycles. The minimum atomic E-state index is 0.315. The van der Waals surface area contributed by atoms with Crippen LogP contribution in [0.3, 0.4) is 0 Å². The van der Waals surface area contributed by atoms with E-state index >= 15 is 0 Å². The van der Waals surface area contributed by atoms with Gasteiger partial charge in [0.15, 0.2) is 0 Å². The van der Waals surface area contributed by atoms with Crippen LogP contribution in [0.25, 0.3) is 6.08 Å². The van der Waals surface area contributed by atoms with Gasteiger partial charge in [-0.1, -0.05) is 42.5 Å².